The fourth-order valence-electron chi connectivity index (χ4n) is 2.14. The summed E-state index contributed by atoms with van der Waals surface area (Å²) in [6, 6.07) is 14.7. The Labute approximate surface area is 147 Å². The first-order valence-corrected chi connectivity index (χ1v) is 9.15. The molecule has 1 N–H and O–H groups in total. The fourth-order valence-corrected chi connectivity index (χ4v) is 3.04. The van der Waals surface area contributed by atoms with Crippen LogP contribution in [0.5, 0.6) is 0 Å². The first-order valence-electron chi connectivity index (χ1n) is 7.71. The van der Waals surface area contributed by atoms with Gasteiger partial charge in [-0.15, -0.1) is 0 Å². The van der Waals surface area contributed by atoms with E-state index < -0.39 is 10.0 Å². The van der Waals surface area contributed by atoms with E-state index in [0.29, 0.717) is 11.3 Å². The van der Waals surface area contributed by atoms with Crippen LogP contribution in [0.1, 0.15) is 23.2 Å². The molecule has 0 saturated heterocycles. The Balaban J connectivity index is 1.92. The lowest BCUT2D eigenvalue weighted by molar-refractivity contribution is -0.116. The maximum absolute atomic E-state index is 12.0. The highest BCUT2D eigenvalue weighted by Crippen LogP contribution is 2.17. The SMILES string of the molecule is CN(C)S(=O)(=O)c1ccc(NC(=O)CCC(=O)c2ccccc2)cc1. The third kappa shape index (κ3) is 4.98. The second-order valence-electron chi connectivity index (χ2n) is 5.65. The Morgan fingerprint density at radius 2 is 1.52 bits per heavy atom. The van der Waals surface area contributed by atoms with Crippen LogP contribution in [0, 0.1) is 0 Å². The average Bonchev–Trinajstić information content (AvgIpc) is 2.60. The van der Waals surface area contributed by atoms with Crippen LogP contribution < -0.4 is 5.32 Å². The first-order chi connectivity index (χ1) is 11.8. The molecule has 0 heterocycles. The number of benzene rings is 2. The maximum atomic E-state index is 12.0. The predicted molar refractivity (Wildman–Crippen MR) is 96.0 cm³/mol. The van der Waals surface area contributed by atoms with Crippen LogP contribution >= 0.6 is 0 Å². The summed E-state index contributed by atoms with van der Waals surface area (Å²) in [7, 11) is -0.592. The van der Waals surface area contributed by atoms with Gasteiger partial charge in [0, 0.05) is 38.2 Å². The molecule has 0 aliphatic heterocycles. The molecular weight excluding hydrogens is 340 g/mol. The Bertz CT molecular complexity index is 844. The number of sulfonamides is 1. The van der Waals surface area contributed by atoms with E-state index in [1.54, 1.807) is 24.3 Å². The zero-order chi connectivity index (χ0) is 18.4. The van der Waals surface area contributed by atoms with E-state index in [-0.39, 0.29) is 29.4 Å². The largest absolute Gasteiger partial charge is 0.326 e. The van der Waals surface area contributed by atoms with Crippen molar-refractivity contribution in [1.29, 1.82) is 0 Å². The van der Waals surface area contributed by atoms with Gasteiger partial charge in [0.25, 0.3) is 0 Å². The van der Waals surface area contributed by atoms with Crippen molar-refractivity contribution >= 4 is 27.4 Å². The summed E-state index contributed by atoms with van der Waals surface area (Å²) in [6.07, 6.45) is 0.175. The molecule has 2 aromatic carbocycles. The Kier molecular flexibility index (Phi) is 6.06. The van der Waals surface area contributed by atoms with Gasteiger partial charge in [-0.2, -0.15) is 0 Å². The molecule has 0 radical (unpaired) electrons. The number of hydrogen-bond donors (Lipinski definition) is 1. The van der Waals surface area contributed by atoms with Gasteiger partial charge in [0.1, 0.15) is 0 Å². The second kappa shape index (κ2) is 8.04. The summed E-state index contributed by atoms with van der Waals surface area (Å²) >= 11 is 0. The molecule has 0 spiro atoms. The smallest absolute Gasteiger partial charge is 0.242 e. The first kappa shape index (κ1) is 18.8. The number of hydrogen-bond acceptors (Lipinski definition) is 4. The molecule has 6 nitrogen and oxygen atoms in total. The van der Waals surface area contributed by atoms with E-state index in [4.69, 9.17) is 0 Å². The van der Waals surface area contributed by atoms with E-state index in [1.807, 2.05) is 6.07 Å². The molecule has 0 saturated carbocycles. The van der Waals surface area contributed by atoms with Gasteiger partial charge in [-0.1, -0.05) is 30.3 Å². The van der Waals surface area contributed by atoms with Crippen LogP contribution in [0.3, 0.4) is 0 Å². The van der Waals surface area contributed by atoms with Crippen molar-refractivity contribution in [2.24, 2.45) is 0 Å². The van der Waals surface area contributed by atoms with Crippen LogP contribution in [0.25, 0.3) is 0 Å². The summed E-state index contributed by atoms with van der Waals surface area (Å²) < 4.78 is 25.1. The summed E-state index contributed by atoms with van der Waals surface area (Å²) in [4.78, 5) is 24.1. The number of amides is 1. The Morgan fingerprint density at radius 1 is 0.920 bits per heavy atom. The molecule has 2 rings (SSSR count). The molecule has 1 amide bonds. The molecular formula is C18H20N2O4S. The molecule has 0 unspecified atom stereocenters. The summed E-state index contributed by atoms with van der Waals surface area (Å²) in [5, 5.41) is 2.66. The molecule has 0 aliphatic carbocycles. The molecule has 0 fully saturated rings. The minimum atomic E-state index is -3.50. The Hall–Kier alpha value is -2.51. The lowest BCUT2D eigenvalue weighted by Gasteiger charge is -2.12. The number of anilines is 1. The molecule has 2 aromatic rings. The fraction of sp³-hybridized carbons (Fsp3) is 0.222. The van der Waals surface area contributed by atoms with Gasteiger partial charge >= 0.3 is 0 Å². The minimum Gasteiger partial charge on any atom is -0.326 e. The third-order valence-electron chi connectivity index (χ3n) is 3.59. The van der Waals surface area contributed by atoms with Crippen molar-refractivity contribution in [2.75, 3.05) is 19.4 Å². The van der Waals surface area contributed by atoms with E-state index in [1.165, 1.54) is 38.4 Å². The minimum absolute atomic E-state index is 0.0610. The van der Waals surface area contributed by atoms with Gasteiger partial charge in [-0.05, 0) is 24.3 Å². The number of nitrogens with one attached hydrogen (secondary N) is 1. The van der Waals surface area contributed by atoms with E-state index in [2.05, 4.69) is 5.32 Å². The highest BCUT2D eigenvalue weighted by atomic mass is 32.2. The number of rotatable bonds is 7. The standard InChI is InChI=1S/C18H20N2O4S/c1-20(2)25(23,24)16-10-8-15(9-11-16)19-18(22)13-12-17(21)14-6-4-3-5-7-14/h3-11H,12-13H2,1-2H3,(H,19,22). The molecule has 25 heavy (non-hydrogen) atoms. The molecule has 7 heteroatoms. The van der Waals surface area contributed by atoms with Gasteiger partial charge in [0.05, 0.1) is 4.90 Å². The van der Waals surface area contributed by atoms with Crippen LogP contribution in [0.4, 0.5) is 5.69 Å². The van der Waals surface area contributed by atoms with Gasteiger partial charge in [-0.3, -0.25) is 9.59 Å². The zero-order valence-corrected chi connectivity index (χ0v) is 14.9. The number of ketones is 1. The van der Waals surface area contributed by atoms with Crippen LogP contribution in [-0.2, 0) is 14.8 Å². The summed E-state index contributed by atoms with van der Waals surface area (Å²) in [6.45, 7) is 0. The number of carbonyl (C=O) groups excluding carboxylic acids is 2. The topological polar surface area (TPSA) is 83.6 Å². The Morgan fingerprint density at radius 3 is 2.08 bits per heavy atom. The lowest BCUT2D eigenvalue weighted by Crippen LogP contribution is -2.22. The normalized spacial score (nSPS) is 11.3. The maximum Gasteiger partial charge on any atom is 0.242 e. The average molecular weight is 360 g/mol. The number of Topliss-reactive ketones (excluding diaryl/α,β-unsaturated/α-hetero) is 1. The van der Waals surface area contributed by atoms with E-state index in [9.17, 15) is 18.0 Å². The highest BCUT2D eigenvalue weighted by molar-refractivity contribution is 7.89. The van der Waals surface area contributed by atoms with E-state index >= 15 is 0 Å². The molecule has 0 aliphatic rings. The zero-order valence-electron chi connectivity index (χ0n) is 14.1. The quantitative estimate of drug-likeness (QED) is 0.769. The molecule has 0 bridgehead atoms. The molecule has 0 atom stereocenters. The van der Waals surface area contributed by atoms with E-state index in [0.717, 1.165) is 4.31 Å². The summed E-state index contributed by atoms with van der Waals surface area (Å²) in [5.41, 5.74) is 1.06. The van der Waals surface area contributed by atoms with Crippen LogP contribution in [0.2, 0.25) is 0 Å². The van der Waals surface area contributed by atoms with Crippen molar-refractivity contribution in [3.8, 4) is 0 Å². The van der Waals surface area contributed by atoms with Crippen molar-refractivity contribution in [3.63, 3.8) is 0 Å². The van der Waals surface area contributed by atoms with Gasteiger partial charge in [-0.25, -0.2) is 12.7 Å². The van der Waals surface area contributed by atoms with Crippen molar-refractivity contribution in [1.82, 2.24) is 4.31 Å². The molecule has 0 aromatic heterocycles. The lowest BCUT2D eigenvalue weighted by atomic mass is 10.1. The van der Waals surface area contributed by atoms with Gasteiger partial charge in [0.2, 0.25) is 15.9 Å². The highest BCUT2D eigenvalue weighted by Gasteiger charge is 2.17. The predicted octanol–water partition coefficient (Wildman–Crippen LogP) is 2.54. The third-order valence-corrected chi connectivity index (χ3v) is 5.42. The van der Waals surface area contributed by atoms with Crippen LogP contribution in [-0.4, -0.2) is 38.5 Å². The summed E-state index contributed by atoms with van der Waals surface area (Å²) in [5.74, 6) is -0.393. The molecule has 132 valence electrons. The van der Waals surface area contributed by atoms with Gasteiger partial charge in [0.15, 0.2) is 5.78 Å². The van der Waals surface area contributed by atoms with Crippen molar-refractivity contribution < 1.29 is 18.0 Å². The second-order valence-corrected chi connectivity index (χ2v) is 7.80. The van der Waals surface area contributed by atoms with Crippen molar-refractivity contribution in [3.05, 3.63) is 60.2 Å². The van der Waals surface area contributed by atoms with Gasteiger partial charge < -0.3 is 5.32 Å². The monoisotopic (exact) mass is 360 g/mol. The number of carbonyl (C=O) groups is 2. The van der Waals surface area contributed by atoms with Crippen molar-refractivity contribution in [2.45, 2.75) is 17.7 Å². The van der Waals surface area contributed by atoms with Crippen LogP contribution in [0.15, 0.2) is 59.5 Å². The number of nitrogens with zero attached hydrogens (tertiary/aromatic N) is 1.